The molecule has 14 heteroatoms. The fourth-order valence-corrected chi connectivity index (χ4v) is 6.48. The Bertz CT molecular complexity index is 1660. The van der Waals surface area contributed by atoms with Gasteiger partial charge in [-0.05, 0) is 35.7 Å². The average molecular weight is 579 g/mol. The standard InChI is InChI=1S/C26H25F3N4O6S/c1-32(2)20-5-3-4-13-8-15(6-7-16(13)20)40(37,38)26-25(36)23(24(35)21(12-34)39-26)33-11-19(30-31-33)14-9-17(27)22(29)18(28)10-14/h3-11,21,23-26,34-36H,12H2,1-2H3/t21?,23?,24-,25-,26+/m0/s1. The first-order chi connectivity index (χ1) is 18.9. The lowest BCUT2D eigenvalue weighted by Crippen LogP contribution is -2.58. The molecule has 0 radical (unpaired) electrons. The average Bonchev–Trinajstić information content (AvgIpc) is 3.40. The molecule has 2 unspecified atom stereocenters. The molecule has 0 amide bonds. The van der Waals surface area contributed by atoms with Crippen LogP contribution >= 0.6 is 0 Å². The number of fused-ring (bicyclic) bond motifs is 1. The Morgan fingerprint density at radius 2 is 1.73 bits per heavy atom. The van der Waals surface area contributed by atoms with E-state index in [-0.39, 0.29) is 16.2 Å². The van der Waals surface area contributed by atoms with Crippen molar-refractivity contribution in [3.8, 4) is 11.3 Å². The summed E-state index contributed by atoms with van der Waals surface area (Å²) >= 11 is 0. The van der Waals surface area contributed by atoms with Crippen LogP contribution < -0.4 is 4.90 Å². The molecule has 1 aliphatic rings. The van der Waals surface area contributed by atoms with Gasteiger partial charge in [-0.3, -0.25) is 0 Å². The molecule has 40 heavy (non-hydrogen) atoms. The summed E-state index contributed by atoms with van der Waals surface area (Å²) in [4.78, 5) is 1.71. The molecule has 212 valence electrons. The molecule has 1 aliphatic heterocycles. The summed E-state index contributed by atoms with van der Waals surface area (Å²) in [6.45, 7) is -0.795. The Kier molecular flexibility index (Phi) is 7.31. The van der Waals surface area contributed by atoms with Crippen LogP contribution in [0, 0.1) is 17.5 Å². The van der Waals surface area contributed by atoms with Crippen molar-refractivity contribution < 1.29 is 41.6 Å². The van der Waals surface area contributed by atoms with Gasteiger partial charge in [0.05, 0.1) is 17.7 Å². The summed E-state index contributed by atoms with van der Waals surface area (Å²) in [5, 5.41) is 40.8. The van der Waals surface area contributed by atoms with Crippen LogP contribution in [-0.4, -0.2) is 83.2 Å². The third-order valence-corrected chi connectivity index (χ3v) is 8.80. The number of aromatic nitrogens is 3. The molecule has 3 N–H and O–H groups in total. The zero-order valence-electron chi connectivity index (χ0n) is 21.2. The highest BCUT2D eigenvalue weighted by molar-refractivity contribution is 7.92. The largest absolute Gasteiger partial charge is 0.394 e. The van der Waals surface area contributed by atoms with Gasteiger partial charge in [-0.2, -0.15) is 0 Å². The Morgan fingerprint density at radius 3 is 2.38 bits per heavy atom. The number of benzene rings is 3. The predicted molar refractivity (Wildman–Crippen MR) is 138 cm³/mol. The van der Waals surface area contributed by atoms with E-state index in [9.17, 15) is 36.9 Å². The molecule has 10 nitrogen and oxygen atoms in total. The third kappa shape index (κ3) is 4.71. The minimum absolute atomic E-state index is 0.144. The van der Waals surface area contributed by atoms with Crippen LogP contribution in [-0.2, 0) is 14.6 Å². The quantitative estimate of drug-likeness (QED) is 0.294. The second-order valence-electron chi connectivity index (χ2n) is 9.63. The maximum atomic E-state index is 13.7. The van der Waals surface area contributed by atoms with Gasteiger partial charge in [0.2, 0.25) is 9.84 Å². The monoisotopic (exact) mass is 578 g/mol. The number of hydrogen-bond acceptors (Lipinski definition) is 9. The van der Waals surface area contributed by atoms with E-state index < -0.39 is 63.7 Å². The van der Waals surface area contributed by atoms with Crippen LogP contribution in [0.5, 0.6) is 0 Å². The summed E-state index contributed by atoms with van der Waals surface area (Å²) in [7, 11) is -0.711. The summed E-state index contributed by atoms with van der Waals surface area (Å²) in [6, 6.07) is 9.71. The van der Waals surface area contributed by atoms with Crippen molar-refractivity contribution in [3.63, 3.8) is 0 Å². The van der Waals surface area contributed by atoms with Crippen LogP contribution in [0.25, 0.3) is 22.0 Å². The Labute approximate surface area is 226 Å². The van der Waals surface area contributed by atoms with Crippen molar-refractivity contribution >= 4 is 26.3 Å². The van der Waals surface area contributed by atoms with E-state index in [0.29, 0.717) is 17.5 Å². The minimum atomic E-state index is -4.41. The van der Waals surface area contributed by atoms with Gasteiger partial charge in [0, 0.05) is 30.7 Å². The van der Waals surface area contributed by atoms with Gasteiger partial charge in [0.25, 0.3) is 0 Å². The summed E-state index contributed by atoms with van der Waals surface area (Å²) in [6.07, 6.45) is -3.90. The fraction of sp³-hybridized carbons (Fsp3) is 0.308. The number of sulfone groups is 1. The summed E-state index contributed by atoms with van der Waals surface area (Å²) in [5.74, 6) is -4.59. The lowest BCUT2D eigenvalue weighted by Gasteiger charge is -2.41. The zero-order chi connectivity index (χ0) is 28.9. The maximum absolute atomic E-state index is 13.7. The second kappa shape index (κ2) is 10.4. The van der Waals surface area contributed by atoms with Crippen LogP contribution in [0.2, 0.25) is 0 Å². The molecule has 3 aromatic carbocycles. The van der Waals surface area contributed by atoms with E-state index in [1.165, 1.54) is 12.1 Å². The molecule has 0 bridgehead atoms. The van der Waals surface area contributed by atoms with E-state index in [4.69, 9.17) is 4.74 Å². The molecular formula is C26H25F3N4O6S. The SMILES string of the molecule is CN(C)c1cccc2cc(S(=O)(=O)[C@H]3OC(CO)[C@H](O)C(n4cc(-c5cc(F)c(F)c(F)c5)nn4)[C@@H]3O)ccc12. The van der Waals surface area contributed by atoms with Crippen LogP contribution in [0.1, 0.15) is 6.04 Å². The van der Waals surface area contributed by atoms with E-state index in [1.807, 2.05) is 25.1 Å². The Balaban J connectivity index is 1.52. The van der Waals surface area contributed by atoms with Gasteiger partial charge in [0.15, 0.2) is 22.9 Å². The van der Waals surface area contributed by atoms with Gasteiger partial charge >= 0.3 is 0 Å². The summed E-state index contributed by atoms with van der Waals surface area (Å²) in [5.41, 5.74) is -1.40. The first-order valence-electron chi connectivity index (χ1n) is 12.1. The molecule has 1 saturated heterocycles. The number of anilines is 1. The van der Waals surface area contributed by atoms with Gasteiger partial charge < -0.3 is 25.0 Å². The number of nitrogens with zero attached hydrogens (tertiary/aromatic N) is 4. The molecule has 0 saturated carbocycles. The number of rotatable bonds is 6. The number of aliphatic hydroxyl groups excluding tert-OH is 3. The van der Waals surface area contributed by atoms with E-state index in [2.05, 4.69) is 10.3 Å². The first kappa shape index (κ1) is 28.0. The van der Waals surface area contributed by atoms with Crippen LogP contribution in [0.4, 0.5) is 18.9 Å². The highest BCUT2D eigenvalue weighted by atomic mass is 32.2. The van der Waals surface area contributed by atoms with Crippen molar-refractivity contribution in [1.82, 2.24) is 15.0 Å². The second-order valence-corrected chi connectivity index (χ2v) is 11.7. The van der Waals surface area contributed by atoms with Crippen LogP contribution in [0.3, 0.4) is 0 Å². The zero-order valence-corrected chi connectivity index (χ0v) is 22.0. The molecule has 5 rings (SSSR count). The van der Waals surface area contributed by atoms with E-state index in [0.717, 1.165) is 22.0 Å². The first-order valence-corrected chi connectivity index (χ1v) is 13.6. The highest BCUT2D eigenvalue weighted by Gasteiger charge is 2.51. The van der Waals surface area contributed by atoms with Gasteiger partial charge in [-0.25, -0.2) is 26.3 Å². The Morgan fingerprint density at radius 1 is 1.02 bits per heavy atom. The van der Waals surface area contributed by atoms with E-state index in [1.54, 1.807) is 18.2 Å². The molecule has 5 atom stereocenters. The van der Waals surface area contributed by atoms with Crippen molar-refractivity contribution in [2.24, 2.45) is 0 Å². The van der Waals surface area contributed by atoms with E-state index >= 15 is 0 Å². The molecule has 1 fully saturated rings. The van der Waals surface area contributed by atoms with Crippen molar-refractivity contribution in [3.05, 3.63) is 72.2 Å². The van der Waals surface area contributed by atoms with Crippen molar-refractivity contribution in [2.45, 2.75) is 34.7 Å². The number of aliphatic hydroxyl groups is 3. The van der Waals surface area contributed by atoms with Crippen LogP contribution in [0.15, 0.2) is 59.6 Å². The van der Waals surface area contributed by atoms with Crippen molar-refractivity contribution in [1.29, 1.82) is 0 Å². The number of halogens is 3. The lowest BCUT2D eigenvalue weighted by molar-refractivity contribution is -0.180. The Hall–Kier alpha value is -3.56. The van der Waals surface area contributed by atoms with Gasteiger partial charge in [-0.1, -0.05) is 23.4 Å². The third-order valence-electron chi connectivity index (χ3n) is 6.89. The summed E-state index contributed by atoms with van der Waals surface area (Å²) < 4.78 is 74.7. The highest BCUT2D eigenvalue weighted by Crippen LogP contribution is 2.37. The van der Waals surface area contributed by atoms with Gasteiger partial charge in [0.1, 0.15) is 30.0 Å². The molecule has 4 aromatic rings. The molecular weight excluding hydrogens is 553 g/mol. The maximum Gasteiger partial charge on any atom is 0.207 e. The lowest BCUT2D eigenvalue weighted by atomic mass is 9.97. The minimum Gasteiger partial charge on any atom is -0.394 e. The van der Waals surface area contributed by atoms with Gasteiger partial charge in [-0.15, -0.1) is 5.10 Å². The smallest absolute Gasteiger partial charge is 0.207 e. The van der Waals surface area contributed by atoms with Crippen molar-refractivity contribution in [2.75, 3.05) is 25.6 Å². The predicted octanol–water partition coefficient (Wildman–Crippen LogP) is 2.04. The normalized spacial score (nSPS) is 23.4. The fourth-order valence-electron chi connectivity index (χ4n) is 4.84. The molecule has 2 heterocycles. The number of hydrogen-bond donors (Lipinski definition) is 3. The number of ether oxygens (including phenoxy) is 1. The molecule has 1 aromatic heterocycles. The molecule has 0 aliphatic carbocycles. The molecule has 0 spiro atoms. The topological polar surface area (TPSA) is 138 Å².